The fourth-order valence-electron chi connectivity index (χ4n) is 3.58. The Hall–Kier alpha value is -2.71. The maximum Gasteiger partial charge on any atom is 0.242 e. The van der Waals surface area contributed by atoms with E-state index in [1.54, 1.807) is 17.2 Å². The number of ether oxygens (including phenoxy) is 2. The van der Waals surface area contributed by atoms with Crippen molar-refractivity contribution >= 4 is 5.91 Å². The van der Waals surface area contributed by atoms with Gasteiger partial charge in [0.15, 0.2) is 11.5 Å². The first-order valence-electron chi connectivity index (χ1n) is 9.42. The number of phenolic OH excluding ortho intramolecular Hbond substituents is 1. The van der Waals surface area contributed by atoms with Gasteiger partial charge in [0, 0.05) is 30.4 Å². The van der Waals surface area contributed by atoms with E-state index in [0.717, 1.165) is 22.5 Å². The van der Waals surface area contributed by atoms with Crippen LogP contribution < -0.4 is 10.1 Å². The predicted molar refractivity (Wildman–Crippen MR) is 102 cm³/mol. The van der Waals surface area contributed by atoms with E-state index in [4.69, 9.17) is 9.47 Å². The molecule has 1 saturated heterocycles. The molecule has 1 atom stereocenters. The number of aromatic nitrogens is 2. The van der Waals surface area contributed by atoms with Crippen LogP contribution in [0.4, 0.5) is 0 Å². The number of carbonyl (C=O) groups excluding carboxylic acids is 1. The Kier molecular flexibility index (Phi) is 5.15. The second kappa shape index (κ2) is 7.73. The van der Waals surface area contributed by atoms with E-state index in [9.17, 15) is 9.90 Å². The summed E-state index contributed by atoms with van der Waals surface area (Å²) in [4.78, 5) is 23.6. The van der Waals surface area contributed by atoms with Gasteiger partial charge in [0.05, 0.1) is 36.8 Å². The van der Waals surface area contributed by atoms with Crippen LogP contribution >= 0.6 is 0 Å². The third-order valence-corrected chi connectivity index (χ3v) is 5.00. The van der Waals surface area contributed by atoms with Crippen LogP contribution in [-0.4, -0.2) is 64.8 Å². The first-order valence-corrected chi connectivity index (χ1v) is 9.42. The molecule has 148 valence electrons. The highest BCUT2D eigenvalue weighted by molar-refractivity contribution is 5.82. The maximum atomic E-state index is 12.9. The van der Waals surface area contributed by atoms with Crippen molar-refractivity contribution in [1.82, 2.24) is 20.2 Å². The topological polar surface area (TPSA) is 96.8 Å². The average Bonchev–Trinajstić information content (AvgIpc) is 2.93. The van der Waals surface area contributed by atoms with Crippen LogP contribution in [0.2, 0.25) is 0 Å². The van der Waals surface area contributed by atoms with Crippen molar-refractivity contribution in [2.75, 3.05) is 32.9 Å². The van der Waals surface area contributed by atoms with Gasteiger partial charge in [-0.25, -0.2) is 4.98 Å². The predicted octanol–water partition coefficient (Wildman–Crippen LogP) is 1.18. The second-order valence-corrected chi connectivity index (χ2v) is 7.12. The molecule has 1 aromatic heterocycles. The molecular formula is C20H24N4O4. The van der Waals surface area contributed by atoms with Crippen molar-refractivity contribution in [3.05, 3.63) is 35.3 Å². The minimum absolute atomic E-state index is 0.0208. The zero-order chi connectivity index (χ0) is 19.7. The molecule has 0 spiro atoms. The van der Waals surface area contributed by atoms with Gasteiger partial charge in [0.25, 0.3) is 0 Å². The van der Waals surface area contributed by atoms with Gasteiger partial charge in [0.2, 0.25) is 5.91 Å². The minimum atomic E-state index is -0.350. The van der Waals surface area contributed by atoms with Crippen LogP contribution in [-0.2, 0) is 16.1 Å². The van der Waals surface area contributed by atoms with E-state index in [2.05, 4.69) is 15.3 Å². The van der Waals surface area contributed by atoms with Crippen LogP contribution in [0.1, 0.15) is 17.0 Å². The fraction of sp³-hybridized carbons (Fsp3) is 0.450. The molecule has 0 saturated carbocycles. The fourth-order valence-corrected chi connectivity index (χ4v) is 3.58. The molecule has 0 unspecified atom stereocenters. The van der Waals surface area contributed by atoms with Gasteiger partial charge in [-0.2, -0.15) is 0 Å². The Morgan fingerprint density at radius 2 is 2.18 bits per heavy atom. The van der Waals surface area contributed by atoms with E-state index < -0.39 is 0 Å². The molecule has 2 aliphatic heterocycles. The number of hydrogen-bond acceptors (Lipinski definition) is 7. The number of nitrogens with zero attached hydrogens (tertiary/aromatic N) is 3. The first kappa shape index (κ1) is 18.6. The highest BCUT2D eigenvalue weighted by atomic mass is 16.5. The summed E-state index contributed by atoms with van der Waals surface area (Å²) in [5, 5.41) is 13.7. The molecular weight excluding hydrogens is 360 g/mol. The zero-order valence-corrected chi connectivity index (χ0v) is 16.1. The largest absolute Gasteiger partial charge is 0.504 e. The van der Waals surface area contributed by atoms with E-state index in [-0.39, 0.29) is 17.7 Å². The highest BCUT2D eigenvalue weighted by Gasteiger charge is 2.29. The number of morpholine rings is 1. The summed E-state index contributed by atoms with van der Waals surface area (Å²) < 4.78 is 11.2. The lowest BCUT2D eigenvalue weighted by Crippen LogP contribution is -2.52. The molecule has 0 bridgehead atoms. The molecule has 2 N–H and O–H groups in total. The van der Waals surface area contributed by atoms with Gasteiger partial charge >= 0.3 is 0 Å². The molecule has 8 heteroatoms. The minimum Gasteiger partial charge on any atom is -0.504 e. The van der Waals surface area contributed by atoms with Crippen LogP contribution in [0.15, 0.2) is 18.3 Å². The molecule has 2 aromatic rings. The number of amides is 1. The number of hydrogen-bond donors (Lipinski definition) is 2. The molecule has 2 aliphatic rings. The second-order valence-electron chi connectivity index (χ2n) is 7.12. The molecule has 3 heterocycles. The smallest absolute Gasteiger partial charge is 0.242 e. The number of carbonyl (C=O) groups is 1. The lowest BCUT2D eigenvalue weighted by Gasteiger charge is -2.29. The number of rotatable bonds is 2. The van der Waals surface area contributed by atoms with Crippen molar-refractivity contribution in [3.8, 4) is 22.8 Å². The summed E-state index contributed by atoms with van der Waals surface area (Å²) in [6, 6.07) is 3.21. The summed E-state index contributed by atoms with van der Waals surface area (Å²) in [6.45, 7) is 6.52. The monoisotopic (exact) mass is 384 g/mol. The van der Waals surface area contributed by atoms with Crippen molar-refractivity contribution in [1.29, 1.82) is 0 Å². The number of phenols is 1. The van der Waals surface area contributed by atoms with Crippen LogP contribution in [0, 0.1) is 13.8 Å². The lowest BCUT2D eigenvalue weighted by molar-refractivity contribution is -0.137. The molecule has 28 heavy (non-hydrogen) atoms. The normalized spacial score (nSPS) is 19.5. The summed E-state index contributed by atoms with van der Waals surface area (Å²) in [7, 11) is 0. The van der Waals surface area contributed by atoms with E-state index in [0.29, 0.717) is 50.9 Å². The van der Waals surface area contributed by atoms with Crippen molar-refractivity contribution in [2.24, 2.45) is 0 Å². The first-order chi connectivity index (χ1) is 13.5. The van der Waals surface area contributed by atoms with Crippen LogP contribution in [0.3, 0.4) is 0 Å². The Morgan fingerprint density at radius 3 is 2.96 bits per heavy atom. The summed E-state index contributed by atoms with van der Waals surface area (Å²) in [5.74, 6) is 0.446. The number of benzene rings is 1. The number of aromatic hydroxyl groups is 1. The van der Waals surface area contributed by atoms with Crippen LogP contribution in [0.5, 0.6) is 11.5 Å². The molecule has 1 amide bonds. The average molecular weight is 384 g/mol. The number of fused-ring (bicyclic) bond motifs is 1. The van der Waals surface area contributed by atoms with Gasteiger partial charge in [-0.3, -0.25) is 9.78 Å². The lowest BCUT2D eigenvalue weighted by atomic mass is 10.0. The third kappa shape index (κ3) is 3.65. The van der Waals surface area contributed by atoms with Gasteiger partial charge < -0.3 is 24.8 Å². The van der Waals surface area contributed by atoms with Crippen LogP contribution in [0.25, 0.3) is 11.3 Å². The highest BCUT2D eigenvalue weighted by Crippen LogP contribution is 2.37. The van der Waals surface area contributed by atoms with Crippen molar-refractivity contribution in [3.63, 3.8) is 0 Å². The summed E-state index contributed by atoms with van der Waals surface area (Å²) >= 11 is 0. The van der Waals surface area contributed by atoms with Crippen molar-refractivity contribution in [2.45, 2.75) is 26.4 Å². The molecule has 1 fully saturated rings. The number of nitrogens with one attached hydrogen (secondary N) is 1. The third-order valence-electron chi connectivity index (χ3n) is 5.00. The Morgan fingerprint density at radius 1 is 1.32 bits per heavy atom. The molecule has 0 radical (unpaired) electrons. The summed E-state index contributed by atoms with van der Waals surface area (Å²) in [6.07, 6.45) is 1.71. The van der Waals surface area contributed by atoms with E-state index in [1.807, 2.05) is 19.9 Å². The Balaban J connectivity index is 1.66. The SMILES string of the molecule is Cc1cnc(C)c(-c2cc(O)c3c(c2)CN(C(=O)[C@H]2COCCN2)CCO3)n1. The van der Waals surface area contributed by atoms with Gasteiger partial charge in [-0.1, -0.05) is 0 Å². The van der Waals surface area contributed by atoms with Crippen molar-refractivity contribution < 1.29 is 19.4 Å². The van der Waals surface area contributed by atoms with Gasteiger partial charge in [-0.05, 0) is 26.0 Å². The maximum absolute atomic E-state index is 12.9. The van der Waals surface area contributed by atoms with E-state index in [1.165, 1.54) is 0 Å². The van der Waals surface area contributed by atoms with E-state index >= 15 is 0 Å². The molecule has 4 rings (SSSR count). The zero-order valence-electron chi connectivity index (χ0n) is 16.1. The standard InChI is InChI=1S/C20H24N4O4/c1-12-9-22-13(2)18(23-12)14-7-15-10-24(4-6-28-19(15)17(25)8-14)20(26)16-11-27-5-3-21-16/h7-9,16,21,25H,3-6,10-11H2,1-2H3/t16-/m1/s1. The molecule has 0 aliphatic carbocycles. The molecule has 8 nitrogen and oxygen atoms in total. The molecule has 1 aromatic carbocycles. The Labute approximate surface area is 163 Å². The van der Waals surface area contributed by atoms with Gasteiger partial charge in [0.1, 0.15) is 12.6 Å². The Bertz CT molecular complexity index is 896. The summed E-state index contributed by atoms with van der Waals surface area (Å²) in [5.41, 5.74) is 3.78. The quantitative estimate of drug-likeness (QED) is 0.802. The number of aryl methyl sites for hydroxylation is 2. The van der Waals surface area contributed by atoms with Gasteiger partial charge in [-0.15, -0.1) is 0 Å².